The van der Waals surface area contributed by atoms with Gasteiger partial charge in [-0.15, -0.1) is 0 Å². The minimum atomic E-state index is 0.291. The topological polar surface area (TPSA) is 21.3 Å². The third-order valence-electron chi connectivity index (χ3n) is 5.70. The van der Waals surface area contributed by atoms with Crippen LogP contribution in [0.2, 0.25) is 0 Å². The molecule has 0 radical (unpaired) electrons. The summed E-state index contributed by atoms with van der Waals surface area (Å²) in [5, 5.41) is 4.70. The SMILES string of the molecule is CSC1CCCC(NCC2CCC3(CCCCC3)O2)C1. The van der Waals surface area contributed by atoms with Crippen molar-refractivity contribution in [3.63, 3.8) is 0 Å². The summed E-state index contributed by atoms with van der Waals surface area (Å²) in [6.07, 6.45) is 17.7. The second-order valence-electron chi connectivity index (χ2n) is 7.15. The van der Waals surface area contributed by atoms with Crippen LogP contribution < -0.4 is 5.32 Å². The fourth-order valence-corrected chi connectivity index (χ4v) is 5.27. The molecule has 1 aliphatic heterocycles. The lowest BCUT2D eigenvalue weighted by Crippen LogP contribution is -2.40. The van der Waals surface area contributed by atoms with Crippen molar-refractivity contribution in [1.82, 2.24) is 5.32 Å². The van der Waals surface area contributed by atoms with Crippen molar-refractivity contribution in [2.45, 2.75) is 93.6 Å². The number of rotatable bonds is 4. The fraction of sp³-hybridized carbons (Fsp3) is 1.00. The Balaban J connectivity index is 1.41. The summed E-state index contributed by atoms with van der Waals surface area (Å²) < 4.78 is 6.47. The van der Waals surface area contributed by atoms with E-state index in [-0.39, 0.29) is 0 Å². The number of thioether (sulfide) groups is 1. The summed E-state index contributed by atoms with van der Waals surface area (Å²) in [6, 6.07) is 0.743. The molecule has 2 nitrogen and oxygen atoms in total. The molecule has 116 valence electrons. The van der Waals surface area contributed by atoms with Crippen molar-refractivity contribution in [2.75, 3.05) is 12.8 Å². The molecule has 0 aromatic carbocycles. The van der Waals surface area contributed by atoms with E-state index in [1.807, 2.05) is 0 Å². The number of nitrogens with one attached hydrogen (secondary N) is 1. The lowest BCUT2D eigenvalue weighted by Gasteiger charge is -2.34. The van der Waals surface area contributed by atoms with Gasteiger partial charge in [0.25, 0.3) is 0 Å². The molecule has 1 saturated heterocycles. The normalized spacial score (nSPS) is 37.4. The standard InChI is InChI=1S/C17H31NOS/c1-20-16-7-5-6-14(12-16)18-13-15-8-11-17(19-15)9-3-2-4-10-17/h14-16,18H,2-13H2,1H3. The van der Waals surface area contributed by atoms with E-state index < -0.39 is 0 Å². The zero-order valence-corrected chi connectivity index (χ0v) is 13.9. The van der Waals surface area contributed by atoms with Gasteiger partial charge < -0.3 is 10.1 Å². The largest absolute Gasteiger partial charge is 0.370 e. The highest BCUT2D eigenvalue weighted by Gasteiger charge is 2.40. The van der Waals surface area contributed by atoms with Crippen molar-refractivity contribution in [3.05, 3.63) is 0 Å². The van der Waals surface area contributed by atoms with Gasteiger partial charge in [-0.2, -0.15) is 11.8 Å². The lowest BCUT2D eigenvalue weighted by atomic mass is 9.83. The van der Waals surface area contributed by atoms with Crippen molar-refractivity contribution in [3.8, 4) is 0 Å². The summed E-state index contributed by atoms with van der Waals surface area (Å²) in [5.41, 5.74) is 0.291. The Labute approximate surface area is 128 Å². The van der Waals surface area contributed by atoms with Gasteiger partial charge in [-0.25, -0.2) is 0 Å². The molecule has 0 aromatic rings. The van der Waals surface area contributed by atoms with Gasteiger partial charge in [0.15, 0.2) is 0 Å². The molecule has 20 heavy (non-hydrogen) atoms. The molecule has 0 bridgehead atoms. The quantitative estimate of drug-likeness (QED) is 0.843. The van der Waals surface area contributed by atoms with Gasteiger partial charge >= 0.3 is 0 Å². The average molecular weight is 298 g/mol. The monoisotopic (exact) mass is 297 g/mol. The molecule has 1 heterocycles. The summed E-state index contributed by atoms with van der Waals surface area (Å²) in [5.74, 6) is 0. The molecule has 3 heteroatoms. The molecule has 3 aliphatic rings. The van der Waals surface area contributed by atoms with E-state index in [1.165, 1.54) is 70.6 Å². The Morgan fingerprint density at radius 3 is 2.70 bits per heavy atom. The second kappa shape index (κ2) is 7.02. The van der Waals surface area contributed by atoms with E-state index in [2.05, 4.69) is 23.3 Å². The van der Waals surface area contributed by atoms with E-state index in [1.54, 1.807) is 0 Å². The van der Waals surface area contributed by atoms with Crippen LogP contribution in [-0.2, 0) is 4.74 Å². The highest BCUT2D eigenvalue weighted by molar-refractivity contribution is 7.99. The molecule has 0 aromatic heterocycles. The van der Waals surface area contributed by atoms with Crippen LogP contribution >= 0.6 is 11.8 Å². The van der Waals surface area contributed by atoms with Crippen LogP contribution in [0.15, 0.2) is 0 Å². The van der Waals surface area contributed by atoms with E-state index in [4.69, 9.17) is 4.74 Å². The first-order valence-electron chi connectivity index (χ1n) is 8.74. The number of hydrogen-bond acceptors (Lipinski definition) is 3. The predicted octanol–water partition coefficient (Wildman–Crippen LogP) is 4.13. The average Bonchev–Trinajstić information content (AvgIpc) is 2.89. The van der Waals surface area contributed by atoms with Crippen LogP contribution in [0.4, 0.5) is 0 Å². The van der Waals surface area contributed by atoms with Gasteiger partial charge in [-0.1, -0.05) is 25.7 Å². The van der Waals surface area contributed by atoms with Crippen LogP contribution in [0.25, 0.3) is 0 Å². The molecule has 3 rings (SSSR count). The maximum atomic E-state index is 6.47. The second-order valence-corrected chi connectivity index (χ2v) is 8.29. The summed E-state index contributed by atoms with van der Waals surface area (Å²) in [4.78, 5) is 0. The molecule has 3 unspecified atom stereocenters. The molecule has 1 N–H and O–H groups in total. The van der Waals surface area contributed by atoms with Gasteiger partial charge in [0.05, 0.1) is 11.7 Å². The number of ether oxygens (including phenoxy) is 1. The predicted molar refractivity (Wildman–Crippen MR) is 87.5 cm³/mol. The third kappa shape index (κ3) is 3.72. The van der Waals surface area contributed by atoms with E-state index in [0.29, 0.717) is 11.7 Å². The summed E-state index contributed by atoms with van der Waals surface area (Å²) in [7, 11) is 0. The van der Waals surface area contributed by atoms with Crippen molar-refractivity contribution in [2.24, 2.45) is 0 Å². The Hall–Kier alpha value is 0.270. The maximum absolute atomic E-state index is 6.47. The van der Waals surface area contributed by atoms with E-state index in [9.17, 15) is 0 Å². The molecule has 1 spiro atoms. The summed E-state index contributed by atoms with van der Waals surface area (Å²) in [6.45, 7) is 1.09. The first kappa shape index (κ1) is 15.2. The fourth-order valence-electron chi connectivity index (χ4n) is 4.45. The zero-order valence-electron chi connectivity index (χ0n) is 13.0. The van der Waals surface area contributed by atoms with Crippen LogP contribution in [0.1, 0.15) is 70.6 Å². The highest BCUT2D eigenvalue weighted by atomic mass is 32.2. The molecular weight excluding hydrogens is 266 g/mol. The number of hydrogen-bond donors (Lipinski definition) is 1. The molecule has 2 saturated carbocycles. The van der Waals surface area contributed by atoms with Gasteiger partial charge in [-0.3, -0.25) is 0 Å². The van der Waals surface area contributed by atoms with Crippen LogP contribution in [0, 0.1) is 0 Å². The zero-order chi connectivity index (χ0) is 13.8. The molecule has 0 amide bonds. The van der Waals surface area contributed by atoms with Crippen LogP contribution in [0.5, 0.6) is 0 Å². The summed E-state index contributed by atoms with van der Waals surface area (Å²) >= 11 is 2.05. The van der Waals surface area contributed by atoms with Gasteiger partial charge in [0.1, 0.15) is 0 Å². The van der Waals surface area contributed by atoms with Gasteiger partial charge in [0, 0.05) is 17.8 Å². The first-order chi connectivity index (χ1) is 9.80. The minimum absolute atomic E-state index is 0.291. The minimum Gasteiger partial charge on any atom is -0.370 e. The van der Waals surface area contributed by atoms with Gasteiger partial charge in [0.2, 0.25) is 0 Å². The third-order valence-corrected chi connectivity index (χ3v) is 6.79. The first-order valence-corrected chi connectivity index (χ1v) is 10.0. The smallest absolute Gasteiger partial charge is 0.0708 e. The Bertz CT molecular complexity index is 303. The van der Waals surface area contributed by atoms with Crippen LogP contribution in [-0.4, -0.2) is 35.8 Å². The Morgan fingerprint density at radius 1 is 1.05 bits per heavy atom. The Morgan fingerprint density at radius 2 is 1.90 bits per heavy atom. The highest BCUT2D eigenvalue weighted by Crippen LogP contribution is 2.41. The van der Waals surface area contributed by atoms with Crippen molar-refractivity contribution < 1.29 is 4.74 Å². The molecule has 3 atom stereocenters. The Kier molecular flexibility index (Phi) is 5.33. The molecule has 2 aliphatic carbocycles. The maximum Gasteiger partial charge on any atom is 0.0708 e. The van der Waals surface area contributed by atoms with E-state index in [0.717, 1.165) is 17.8 Å². The van der Waals surface area contributed by atoms with Crippen LogP contribution in [0.3, 0.4) is 0 Å². The van der Waals surface area contributed by atoms with E-state index >= 15 is 0 Å². The van der Waals surface area contributed by atoms with Crippen molar-refractivity contribution >= 4 is 11.8 Å². The van der Waals surface area contributed by atoms with Crippen molar-refractivity contribution in [1.29, 1.82) is 0 Å². The lowest BCUT2D eigenvalue weighted by molar-refractivity contribution is -0.0631. The van der Waals surface area contributed by atoms with Gasteiger partial charge in [-0.05, 0) is 51.2 Å². The molecular formula is C17H31NOS. The molecule has 3 fully saturated rings.